The zero-order chi connectivity index (χ0) is 57.8. The third kappa shape index (κ3) is 24.5. The van der Waals surface area contributed by atoms with Gasteiger partial charge in [-0.15, -0.1) is 10.2 Å². The van der Waals surface area contributed by atoms with Gasteiger partial charge in [-0.3, -0.25) is 14.4 Å². The average Bonchev–Trinajstić information content (AvgIpc) is 4.28. The van der Waals surface area contributed by atoms with Crippen LogP contribution in [0.5, 0.6) is 0 Å². The molecule has 2 saturated heterocycles. The van der Waals surface area contributed by atoms with E-state index in [1.54, 1.807) is 60.5 Å². The van der Waals surface area contributed by atoms with E-state index in [1.807, 2.05) is 0 Å². The lowest BCUT2D eigenvalue weighted by Crippen LogP contribution is -2.63. The summed E-state index contributed by atoms with van der Waals surface area (Å²) in [5, 5.41) is 11.6. The number of urea groups is 1. The van der Waals surface area contributed by atoms with Crippen LogP contribution in [0.3, 0.4) is 0 Å². The van der Waals surface area contributed by atoms with Crippen LogP contribution in [-0.4, -0.2) is 229 Å². The number of nitrogens with zero attached hydrogens (tertiary/aromatic N) is 5. The van der Waals surface area contributed by atoms with Gasteiger partial charge in [0.25, 0.3) is 17.7 Å². The van der Waals surface area contributed by atoms with E-state index in [1.165, 1.54) is 12.1 Å². The molecule has 452 valence electrons. The molecule has 3 heterocycles. The van der Waals surface area contributed by atoms with Crippen molar-refractivity contribution in [3.8, 4) is 11.3 Å². The van der Waals surface area contributed by atoms with E-state index in [0.717, 1.165) is 17.9 Å². The molecule has 1 spiro atoms. The lowest BCUT2D eigenvalue weighted by molar-refractivity contribution is -0.198. The number of benzene rings is 2. The van der Waals surface area contributed by atoms with Gasteiger partial charge in [-0.05, 0) is 43.5 Å². The van der Waals surface area contributed by atoms with E-state index < -0.39 is 45.4 Å². The fourth-order valence-corrected chi connectivity index (χ4v) is 9.09. The molecule has 0 bridgehead atoms. The van der Waals surface area contributed by atoms with E-state index in [0.29, 0.717) is 167 Å². The highest BCUT2D eigenvalue weighted by molar-refractivity contribution is 7.89. The van der Waals surface area contributed by atoms with Crippen LogP contribution in [0.4, 0.5) is 10.5 Å². The van der Waals surface area contributed by atoms with Crippen molar-refractivity contribution in [3.05, 3.63) is 60.8 Å². The monoisotopic (exact) mass is 1170 g/mol. The summed E-state index contributed by atoms with van der Waals surface area (Å²) in [7, 11) is -2.29. The summed E-state index contributed by atoms with van der Waals surface area (Å²) in [6.45, 7) is 13.4. The molecule has 27 nitrogen and oxygen atoms in total. The summed E-state index contributed by atoms with van der Waals surface area (Å²) in [5.74, 6) is -2.08. The molecule has 6 rings (SSSR count). The lowest BCUT2D eigenvalue weighted by atomic mass is 9.73. The number of carbonyl (C=O) groups is 5. The summed E-state index contributed by atoms with van der Waals surface area (Å²) < 4.78 is 95.0. The number of hydrogen-bond donors (Lipinski definition) is 2. The molecule has 1 saturated carbocycles. The number of methoxy groups -OCH3 is 1. The number of hydrogen-bond acceptors (Lipinski definition) is 22. The fraction of sp³-hybridized carbons (Fsp3) is 0.642. The normalized spacial score (nSPS) is 17.0. The third-order valence-corrected chi connectivity index (χ3v) is 13.4. The van der Waals surface area contributed by atoms with Crippen LogP contribution >= 0.6 is 0 Å². The topological polar surface area (TPSA) is 301 Å². The summed E-state index contributed by atoms with van der Waals surface area (Å²) >= 11 is 0. The molecule has 81 heavy (non-hydrogen) atoms. The Kier molecular flexibility index (Phi) is 31.4. The molecule has 0 atom stereocenters. The molecule has 3 aromatic rings. The van der Waals surface area contributed by atoms with Gasteiger partial charge >= 0.3 is 12.0 Å². The van der Waals surface area contributed by atoms with Crippen molar-refractivity contribution in [3.63, 3.8) is 0 Å². The molecule has 1 aliphatic carbocycles. The highest BCUT2D eigenvalue weighted by atomic mass is 32.2. The van der Waals surface area contributed by atoms with Crippen LogP contribution in [0.25, 0.3) is 11.3 Å². The third-order valence-electron chi connectivity index (χ3n) is 11.9. The number of sulfonamides is 1. The maximum atomic E-state index is 13.2. The van der Waals surface area contributed by atoms with Gasteiger partial charge in [0.05, 0.1) is 175 Å². The van der Waals surface area contributed by atoms with Gasteiger partial charge in [-0.1, -0.05) is 42.5 Å². The number of amides is 5. The summed E-state index contributed by atoms with van der Waals surface area (Å²) in [4.78, 5) is 65.9. The Labute approximate surface area is 472 Å². The van der Waals surface area contributed by atoms with Crippen LogP contribution in [0, 0.1) is 0 Å². The van der Waals surface area contributed by atoms with Gasteiger partial charge in [0.1, 0.15) is 11.2 Å². The van der Waals surface area contributed by atoms with Crippen molar-refractivity contribution < 1.29 is 94.1 Å². The first-order valence-electron chi connectivity index (χ1n) is 27.1. The highest BCUT2D eigenvalue weighted by Crippen LogP contribution is 2.40. The molecule has 0 radical (unpaired) electrons. The van der Waals surface area contributed by atoms with E-state index in [4.69, 9.17) is 61.7 Å². The molecule has 3 fully saturated rings. The van der Waals surface area contributed by atoms with Crippen molar-refractivity contribution >= 4 is 45.4 Å². The molecular weight excluding hydrogens is 1090 g/mol. The molecule has 28 heteroatoms. The number of carbonyl (C=O) groups excluding carboxylic acids is 5. The second-order valence-corrected chi connectivity index (χ2v) is 19.8. The average molecular weight is 1170 g/mol. The molecular formula is C53H79N7O20S. The Morgan fingerprint density at radius 1 is 0.630 bits per heavy atom. The predicted molar refractivity (Wildman–Crippen MR) is 287 cm³/mol. The minimum atomic E-state index is -3.92. The number of rotatable bonds is 44. The molecule has 2 aromatic carbocycles. The summed E-state index contributed by atoms with van der Waals surface area (Å²) in [6, 6.07) is 14.0. The van der Waals surface area contributed by atoms with Crippen molar-refractivity contribution in [1.82, 2.24) is 30.1 Å². The number of ether oxygens (including phenoxy) is 12. The first-order valence-corrected chi connectivity index (χ1v) is 28.6. The summed E-state index contributed by atoms with van der Waals surface area (Å²) in [5.41, 5.74) is 0.444. The van der Waals surface area contributed by atoms with Gasteiger partial charge in [0.15, 0.2) is 0 Å². The number of anilines is 1. The maximum Gasteiger partial charge on any atom is 0.335 e. The van der Waals surface area contributed by atoms with Crippen LogP contribution in [0.2, 0.25) is 0 Å². The van der Waals surface area contributed by atoms with Crippen molar-refractivity contribution in [1.29, 1.82) is 0 Å². The van der Waals surface area contributed by atoms with Gasteiger partial charge in [-0.25, -0.2) is 32.3 Å². The largest absolute Gasteiger partial charge is 0.382 e. The molecule has 1 aromatic heterocycles. The number of hydroxylamine groups is 2. The first-order chi connectivity index (χ1) is 39.5. The van der Waals surface area contributed by atoms with Crippen LogP contribution in [-0.2, 0) is 97.4 Å². The SMILES string of the molecule is CCCOCCOCCOCCOCCOCCOCCOCCC(=O)ON1C(=O)CCC1=O.COCCOCCOCCOCCOCCn1cc(-c2cccc(S(=O)(=O)NC3CC4(C3)NC(=O)N(c3ccccc3)C4=O)c2)nn1. The minimum absolute atomic E-state index is 0.0577. The van der Waals surface area contributed by atoms with Gasteiger partial charge < -0.3 is 67.0 Å². The van der Waals surface area contributed by atoms with Crippen molar-refractivity contribution in [2.45, 2.75) is 68.5 Å². The smallest absolute Gasteiger partial charge is 0.335 e. The zero-order valence-corrected chi connectivity index (χ0v) is 47.2. The Morgan fingerprint density at radius 2 is 1.11 bits per heavy atom. The van der Waals surface area contributed by atoms with Crippen LogP contribution in [0.1, 0.15) is 45.4 Å². The Bertz CT molecular complexity index is 2400. The molecule has 0 unspecified atom stereocenters. The van der Waals surface area contributed by atoms with Gasteiger partial charge in [0, 0.05) is 38.2 Å². The Balaban J connectivity index is 0.000000315. The second-order valence-electron chi connectivity index (χ2n) is 18.1. The quantitative estimate of drug-likeness (QED) is 0.0465. The zero-order valence-electron chi connectivity index (χ0n) is 46.4. The van der Waals surface area contributed by atoms with Gasteiger partial charge in [0.2, 0.25) is 10.0 Å². The number of aromatic nitrogens is 3. The van der Waals surface area contributed by atoms with E-state index >= 15 is 0 Å². The summed E-state index contributed by atoms with van der Waals surface area (Å²) in [6.07, 6.45) is 3.12. The van der Waals surface area contributed by atoms with E-state index in [9.17, 15) is 32.4 Å². The van der Waals surface area contributed by atoms with Crippen molar-refractivity contribution in [2.24, 2.45) is 0 Å². The van der Waals surface area contributed by atoms with E-state index in [2.05, 4.69) is 27.3 Å². The van der Waals surface area contributed by atoms with Crippen LogP contribution < -0.4 is 14.9 Å². The molecule has 5 amide bonds. The Hall–Kier alpha value is -5.44. The predicted octanol–water partition coefficient (Wildman–Crippen LogP) is 2.10. The molecule has 3 aliphatic rings. The highest BCUT2D eigenvalue weighted by Gasteiger charge is 2.59. The Morgan fingerprint density at radius 3 is 1.62 bits per heavy atom. The molecule has 2 N–H and O–H groups in total. The van der Waals surface area contributed by atoms with Crippen LogP contribution in [0.15, 0.2) is 65.7 Å². The van der Waals surface area contributed by atoms with Crippen molar-refractivity contribution in [2.75, 3.05) is 164 Å². The number of imide groups is 2. The lowest BCUT2D eigenvalue weighted by Gasteiger charge is -2.42. The standard InChI is InChI=1S/C31H40N6O9S.C22H39NO11/c1-42-12-13-44-16-17-46-19-18-45-15-14-43-11-10-36-23-28(33-35-36)24-6-5-9-27(20-24)47(40,41)34-25-21-31(22-25)29(38)37(30(39)32-31)26-7-3-2-4-8-26;1-2-6-27-8-10-29-12-14-31-16-18-33-19-17-32-15-13-30-11-9-28-7-5-22(26)34-23-20(24)3-4-21(23)25/h2-9,20,23,25,34H,10-19,21-22H2,1H3,(H,32,39);2-19H2,1H3. The fourth-order valence-electron chi connectivity index (χ4n) is 7.81. The number of nitrogens with one attached hydrogen (secondary N) is 2. The molecule has 2 aliphatic heterocycles. The second kappa shape index (κ2) is 38.4. The van der Waals surface area contributed by atoms with Gasteiger partial charge in [-0.2, -0.15) is 0 Å². The first kappa shape index (κ1) is 66.4. The minimum Gasteiger partial charge on any atom is -0.382 e. The maximum absolute atomic E-state index is 13.2. The van der Waals surface area contributed by atoms with E-state index in [-0.39, 0.29) is 49.5 Å². The number of para-hydroxylation sites is 1.